The first-order valence-corrected chi connectivity index (χ1v) is 11.8. The molecule has 0 fully saturated rings. The maximum absolute atomic E-state index is 14.6. The van der Waals surface area contributed by atoms with Gasteiger partial charge in [0.1, 0.15) is 24.0 Å². The van der Waals surface area contributed by atoms with Crippen LogP contribution in [0, 0.1) is 25.6 Å². The van der Waals surface area contributed by atoms with Crippen molar-refractivity contribution < 1.29 is 13.4 Å². The highest BCUT2D eigenvalue weighted by Gasteiger charge is 2.25. The molecule has 2 nitrogen and oxygen atoms in total. The van der Waals surface area contributed by atoms with Gasteiger partial charge in [-0.3, -0.25) is 0 Å². The second-order valence-electron chi connectivity index (χ2n) is 9.76. The van der Waals surface area contributed by atoms with Gasteiger partial charge in [0.15, 0.2) is 6.20 Å². The van der Waals surface area contributed by atoms with Crippen LogP contribution in [0.2, 0.25) is 0 Å². The average molecular weight is 441 g/mol. The number of hydrogen-bond donors (Lipinski definition) is 0. The summed E-state index contributed by atoms with van der Waals surface area (Å²) < 4.78 is 23.1. The minimum Gasteiger partial charge on any atom is -0.455 e. The van der Waals surface area contributed by atoms with Crippen molar-refractivity contribution in [1.82, 2.24) is 0 Å². The summed E-state index contributed by atoms with van der Waals surface area (Å²) in [5.74, 6) is 0.414. The van der Waals surface area contributed by atoms with Crippen molar-refractivity contribution >= 4 is 32.7 Å². The van der Waals surface area contributed by atoms with Gasteiger partial charge in [-0.15, -0.1) is 0 Å². The van der Waals surface area contributed by atoms with E-state index in [1.165, 1.54) is 27.5 Å². The van der Waals surface area contributed by atoms with Crippen LogP contribution in [-0.4, -0.2) is 0 Å². The number of halogens is 1. The van der Waals surface area contributed by atoms with E-state index in [4.69, 9.17) is 4.42 Å². The molecule has 0 atom stereocenters. The monoisotopic (exact) mass is 440 g/mol. The first kappa shape index (κ1) is 21.6. The van der Waals surface area contributed by atoms with E-state index in [1.807, 2.05) is 13.0 Å². The molecule has 0 radical (unpaired) electrons. The highest BCUT2D eigenvalue weighted by Crippen LogP contribution is 2.41. The van der Waals surface area contributed by atoms with Gasteiger partial charge in [0.2, 0.25) is 5.69 Å². The third-order valence-corrected chi connectivity index (χ3v) is 6.91. The minimum absolute atomic E-state index is 0.201. The number of rotatable bonds is 4. The van der Waals surface area contributed by atoms with Crippen LogP contribution in [0.1, 0.15) is 43.0 Å². The smallest absolute Gasteiger partial charge is 0.224 e. The van der Waals surface area contributed by atoms with Gasteiger partial charge in [-0.1, -0.05) is 32.9 Å². The van der Waals surface area contributed by atoms with Crippen molar-refractivity contribution in [2.24, 2.45) is 13.0 Å². The van der Waals surface area contributed by atoms with Gasteiger partial charge in [-0.05, 0) is 78.4 Å². The Balaban J connectivity index is 1.87. The summed E-state index contributed by atoms with van der Waals surface area (Å²) in [6.07, 6.45) is 3.85. The number of fused-ring (bicyclic) bond motifs is 4. The summed E-state index contributed by atoms with van der Waals surface area (Å²) in [5, 5.41) is 4.45. The van der Waals surface area contributed by atoms with E-state index >= 15 is 0 Å². The molecule has 0 spiro atoms. The zero-order valence-corrected chi connectivity index (χ0v) is 20.3. The van der Waals surface area contributed by atoms with Crippen molar-refractivity contribution in [3.8, 4) is 11.3 Å². The summed E-state index contributed by atoms with van der Waals surface area (Å²) in [5.41, 5.74) is 8.12. The van der Waals surface area contributed by atoms with Crippen LogP contribution < -0.4 is 4.57 Å². The Bertz CT molecular complexity index is 1540. The average Bonchev–Trinajstić information content (AvgIpc) is 3.11. The van der Waals surface area contributed by atoms with E-state index in [-0.39, 0.29) is 5.82 Å². The summed E-state index contributed by atoms with van der Waals surface area (Å²) in [6.45, 7) is 10.8. The molecule has 3 aromatic carbocycles. The molecule has 0 aliphatic rings. The van der Waals surface area contributed by atoms with Gasteiger partial charge in [0.25, 0.3) is 0 Å². The normalized spacial score (nSPS) is 12.0. The molecule has 0 unspecified atom stereocenters. The molecule has 33 heavy (non-hydrogen) atoms. The Morgan fingerprint density at radius 2 is 1.76 bits per heavy atom. The maximum Gasteiger partial charge on any atom is 0.224 e. The maximum atomic E-state index is 14.6. The van der Waals surface area contributed by atoms with Crippen molar-refractivity contribution in [1.29, 1.82) is 0 Å². The summed E-state index contributed by atoms with van der Waals surface area (Å²) in [4.78, 5) is 0. The predicted octanol–water partition coefficient (Wildman–Crippen LogP) is 7.75. The molecule has 0 saturated heterocycles. The molecule has 0 bridgehead atoms. The Kier molecular flexibility index (Phi) is 5.23. The summed E-state index contributed by atoms with van der Waals surface area (Å²) >= 11 is 0. The number of aromatic nitrogens is 1. The minimum atomic E-state index is -0.201. The van der Waals surface area contributed by atoms with E-state index in [9.17, 15) is 4.39 Å². The van der Waals surface area contributed by atoms with Gasteiger partial charge < -0.3 is 4.42 Å². The van der Waals surface area contributed by atoms with Gasteiger partial charge in [-0.2, -0.15) is 0 Å². The van der Waals surface area contributed by atoms with Crippen LogP contribution >= 0.6 is 0 Å². The standard InChI is InChI=1S/C30H31FNO/c1-7-21-15-24-25-13-18(4)19(5)28(30(25)33-27(24)16-26(21)31)29-23-9-8-20(12-17(2)3)14-22(23)10-11-32(29)6/h8-11,13-17H,7,12H2,1-6H3/q+1. The molecular weight excluding hydrogens is 409 g/mol. The Morgan fingerprint density at radius 3 is 2.48 bits per heavy atom. The molecule has 0 amide bonds. The number of pyridine rings is 1. The van der Waals surface area contributed by atoms with E-state index in [2.05, 4.69) is 75.8 Å². The molecule has 168 valence electrons. The van der Waals surface area contributed by atoms with Gasteiger partial charge >= 0.3 is 0 Å². The lowest BCUT2D eigenvalue weighted by atomic mass is 9.92. The number of hydrogen-bond acceptors (Lipinski definition) is 1. The second-order valence-corrected chi connectivity index (χ2v) is 9.76. The largest absolute Gasteiger partial charge is 0.455 e. The molecule has 0 aliphatic carbocycles. The number of furan rings is 1. The Hall–Kier alpha value is -3.20. The van der Waals surface area contributed by atoms with Crippen LogP contribution in [0.4, 0.5) is 4.39 Å². The third-order valence-electron chi connectivity index (χ3n) is 6.91. The fraction of sp³-hybridized carbons (Fsp3) is 0.300. The van der Waals surface area contributed by atoms with Crippen LogP contribution in [0.5, 0.6) is 0 Å². The Morgan fingerprint density at radius 1 is 0.970 bits per heavy atom. The molecule has 0 saturated carbocycles. The summed E-state index contributed by atoms with van der Waals surface area (Å²) in [7, 11) is 2.09. The highest BCUT2D eigenvalue weighted by molar-refractivity contribution is 6.12. The highest BCUT2D eigenvalue weighted by atomic mass is 19.1. The predicted molar refractivity (Wildman–Crippen MR) is 135 cm³/mol. The topological polar surface area (TPSA) is 17.0 Å². The van der Waals surface area contributed by atoms with Crippen LogP contribution in [-0.2, 0) is 19.9 Å². The molecule has 3 heteroatoms. The van der Waals surface area contributed by atoms with Crippen LogP contribution in [0.3, 0.4) is 0 Å². The van der Waals surface area contributed by atoms with Crippen molar-refractivity contribution in [3.63, 3.8) is 0 Å². The molecule has 2 heterocycles. The van der Waals surface area contributed by atoms with E-state index in [1.54, 1.807) is 6.07 Å². The first-order valence-electron chi connectivity index (χ1n) is 11.8. The first-order chi connectivity index (χ1) is 15.8. The van der Waals surface area contributed by atoms with E-state index in [0.29, 0.717) is 17.9 Å². The lowest BCUT2D eigenvalue weighted by molar-refractivity contribution is -0.659. The molecular formula is C30H31FNO+. The van der Waals surface area contributed by atoms with Crippen molar-refractivity contribution in [2.75, 3.05) is 0 Å². The van der Waals surface area contributed by atoms with Crippen molar-refractivity contribution in [2.45, 2.75) is 47.5 Å². The number of nitrogens with zero attached hydrogens (tertiary/aromatic N) is 1. The van der Waals surface area contributed by atoms with Crippen molar-refractivity contribution in [3.05, 3.63) is 76.7 Å². The van der Waals surface area contributed by atoms with Gasteiger partial charge in [0.05, 0.1) is 10.9 Å². The zero-order valence-electron chi connectivity index (χ0n) is 20.3. The van der Waals surface area contributed by atoms with Crippen LogP contribution in [0.25, 0.3) is 44.0 Å². The number of aryl methyl sites for hydroxylation is 3. The number of benzene rings is 3. The molecule has 0 aliphatic heterocycles. The zero-order chi connectivity index (χ0) is 23.4. The fourth-order valence-corrected chi connectivity index (χ4v) is 5.09. The molecule has 5 aromatic rings. The molecule has 0 N–H and O–H groups in total. The lowest BCUT2D eigenvalue weighted by Crippen LogP contribution is -2.31. The second kappa shape index (κ2) is 7.98. The molecule has 5 rings (SSSR count). The van der Waals surface area contributed by atoms with Gasteiger partial charge in [0, 0.05) is 22.9 Å². The van der Waals surface area contributed by atoms with Crippen LogP contribution in [0.15, 0.2) is 53.1 Å². The fourth-order valence-electron chi connectivity index (χ4n) is 5.09. The lowest BCUT2D eigenvalue weighted by Gasteiger charge is -2.12. The summed E-state index contributed by atoms with van der Waals surface area (Å²) in [6, 6.07) is 14.7. The quantitative estimate of drug-likeness (QED) is 0.261. The van der Waals surface area contributed by atoms with Gasteiger partial charge in [-0.25, -0.2) is 8.96 Å². The SMILES string of the molecule is CCc1cc2c(cc1F)oc1c(-c3c4ccc(CC(C)C)cc4cc[n+]3C)c(C)c(C)cc12. The van der Waals surface area contributed by atoms with E-state index < -0.39 is 0 Å². The van der Waals surface area contributed by atoms with E-state index in [0.717, 1.165) is 39.6 Å². The third kappa shape index (κ3) is 3.51. The molecule has 2 aromatic heterocycles. The Labute approximate surface area is 194 Å².